The van der Waals surface area contributed by atoms with E-state index in [1.807, 2.05) is 30.9 Å². The molecule has 2 fully saturated rings. The number of nitrogens with two attached hydrogens (primary N) is 1. The van der Waals surface area contributed by atoms with Crippen molar-refractivity contribution in [3.8, 4) is 11.3 Å². The zero-order valence-electron chi connectivity index (χ0n) is 21.5. The van der Waals surface area contributed by atoms with Crippen LogP contribution in [-0.4, -0.2) is 45.1 Å². The number of thiophene rings is 1. The largest absolute Gasteiger partial charge is 0.452 e. The van der Waals surface area contributed by atoms with Crippen molar-refractivity contribution in [2.75, 3.05) is 5.73 Å². The molecule has 0 aromatic carbocycles. The Morgan fingerprint density at radius 3 is 2.76 bits per heavy atom. The molecule has 3 unspecified atom stereocenters. The van der Waals surface area contributed by atoms with Crippen molar-refractivity contribution < 1.29 is 9.21 Å². The predicted octanol–water partition coefficient (Wildman–Crippen LogP) is 6.48. The summed E-state index contributed by atoms with van der Waals surface area (Å²) >= 11 is 1.66. The first-order valence-corrected chi connectivity index (χ1v) is 14.5. The van der Waals surface area contributed by atoms with Crippen LogP contribution in [0, 0.1) is 5.92 Å². The van der Waals surface area contributed by atoms with Crippen LogP contribution in [0.2, 0.25) is 0 Å². The molecule has 0 aliphatic carbocycles. The number of hydrogen-bond acceptors (Lipinski definition) is 7. The number of nitrogens with zero attached hydrogens (tertiary/aromatic N) is 4. The normalized spacial score (nSPS) is 24.9. The summed E-state index contributed by atoms with van der Waals surface area (Å²) in [4.78, 5) is 27.8. The fraction of sp³-hybridized carbons (Fsp3) is 0.400. The Morgan fingerprint density at radius 2 is 2.00 bits per heavy atom. The number of pyridine rings is 2. The molecule has 2 N–H and O–H groups in total. The molecule has 7 rings (SSSR count). The van der Waals surface area contributed by atoms with Gasteiger partial charge >= 0.3 is 0 Å². The summed E-state index contributed by atoms with van der Waals surface area (Å²) in [5.74, 6) is 2.14. The third kappa shape index (κ3) is 4.02. The molecule has 7 nitrogen and oxygen atoms in total. The Bertz CT molecular complexity index is 1590. The van der Waals surface area contributed by atoms with E-state index in [0.717, 1.165) is 63.6 Å². The number of rotatable bonds is 5. The molecule has 194 valence electrons. The summed E-state index contributed by atoms with van der Waals surface area (Å²) in [5, 5.41) is 4.19. The van der Waals surface area contributed by atoms with Gasteiger partial charge in [-0.1, -0.05) is 6.08 Å². The molecule has 2 bridgehead atoms. The number of nitrogen functional groups attached to an aromatic ring is 1. The van der Waals surface area contributed by atoms with Gasteiger partial charge in [0.2, 0.25) is 5.91 Å². The lowest BCUT2D eigenvalue weighted by Crippen LogP contribution is -2.45. The second kappa shape index (κ2) is 9.34. The Morgan fingerprint density at radius 1 is 1.16 bits per heavy atom. The van der Waals surface area contributed by atoms with Crippen molar-refractivity contribution in [3.05, 3.63) is 47.7 Å². The highest BCUT2D eigenvalue weighted by atomic mass is 32.1. The first kappa shape index (κ1) is 23.6. The molecular formula is C30H31N5O2S. The van der Waals surface area contributed by atoms with Gasteiger partial charge in [-0.25, -0.2) is 4.98 Å². The lowest BCUT2D eigenvalue weighted by molar-refractivity contribution is -0.133. The highest BCUT2D eigenvalue weighted by Crippen LogP contribution is 2.42. The highest BCUT2D eigenvalue weighted by molar-refractivity contribution is 7.17. The standard InChI is InChI=1S/C30H31N5O2S/c1-17(36)35-21-6-7-22(35)11-18(10-21)2-4-20-5-3-19(13-33-20)25-14-34-30(31)29-24(25)12-27(37-29)26-16-38-28-15-32-9-8-23(26)28/h3,8-9,12-16,18,20-22H,2,4-7,10-11H2,1H3,(H2,31,34). The third-order valence-electron chi connectivity index (χ3n) is 8.68. The van der Waals surface area contributed by atoms with E-state index in [9.17, 15) is 4.79 Å². The van der Waals surface area contributed by atoms with Crippen LogP contribution in [0.15, 0.2) is 51.6 Å². The van der Waals surface area contributed by atoms with E-state index >= 15 is 0 Å². The van der Waals surface area contributed by atoms with E-state index in [1.54, 1.807) is 18.3 Å². The summed E-state index contributed by atoms with van der Waals surface area (Å²) in [5.41, 5.74) is 9.96. The molecule has 1 amide bonds. The summed E-state index contributed by atoms with van der Waals surface area (Å²) in [6.45, 7) is 1.73. The van der Waals surface area contributed by atoms with Gasteiger partial charge in [-0.15, -0.1) is 11.3 Å². The van der Waals surface area contributed by atoms with Crippen LogP contribution in [0.1, 0.15) is 57.4 Å². The van der Waals surface area contributed by atoms with Crippen LogP contribution >= 0.6 is 11.3 Å². The van der Waals surface area contributed by atoms with Gasteiger partial charge in [-0.05, 0) is 68.6 Å². The summed E-state index contributed by atoms with van der Waals surface area (Å²) in [6.07, 6.45) is 17.7. The molecule has 3 aliphatic rings. The number of anilines is 1. The fourth-order valence-electron chi connectivity index (χ4n) is 6.88. The summed E-state index contributed by atoms with van der Waals surface area (Å²) in [6, 6.07) is 5.33. The quantitative estimate of drug-likeness (QED) is 0.321. The lowest BCUT2D eigenvalue weighted by Gasteiger charge is -2.38. The van der Waals surface area contributed by atoms with E-state index in [0.29, 0.717) is 35.4 Å². The second-order valence-electron chi connectivity index (χ2n) is 11.0. The van der Waals surface area contributed by atoms with Gasteiger partial charge in [-0.2, -0.15) is 0 Å². The van der Waals surface area contributed by atoms with Gasteiger partial charge in [0.25, 0.3) is 0 Å². The number of amides is 1. The highest BCUT2D eigenvalue weighted by Gasteiger charge is 2.41. The fourth-order valence-corrected chi connectivity index (χ4v) is 7.80. The minimum Gasteiger partial charge on any atom is -0.452 e. The topological polar surface area (TPSA) is 97.6 Å². The van der Waals surface area contributed by atoms with E-state index < -0.39 is 0 Å². The molecule has 4 aromatic rings. The molecule has 0 spiro atoms. The number of hydrogen-bond donors (Lipinski definition) is 1. The monoisotopic (exact) mass is 525 g/mol. The number of carbonyl (C=O) groups is 1. The van der Waals surface area contributed by atoms with Crippen molar-refractivity contribution in [1.82, 2.24) is 14.9 Å². The molecular weight excluding hydrogens is 494 g/mol. The molecule has 38 heavy (non-hydrogen) atoms. The van der Waals surface area contributed by atoms with Crippen LogP contribution in [0.25, 0.3) is 38.0 Å². The smallest absolute Gasteiger partial charge is 0.219 e. The van der Waals surface area contributed by atoms with Crippen LogP contribution in [0.3, 0.4) is 0 Å². The molecule has 4 aromatic heterocycles. The van der Waals surface area contributed by atoms with E-state index in [-0.39, 0.29) is 5.91 Å². The first-order valence-electron chi connectivity index (χ1n) is 13.6. The second-order valence-corrected chi connectivity index (χ2v) is 11.9. The van der Waals surface area contributed by atoms with E-state index in [4.69, 9.17) is 15.1 Å². The number of furan rings is 1. The van der Waals surface area contributed by atoms with Gasteiger partial charge in [0.15, 0.2) is 11.4 Å². The Hall–Kier alpha value is -3.52. The molecule has 3 aliphatic heterocycles. The molecule has 0 radical (unpaired) electrons. The average Bonchev–Trinajstić information content (AvgIpc) is 3.63. The van der Waals surface area contributed by atoms with Crippen LogP contribution in [-0.2, 0) is 4.79 Å². The maximum atomic E-state index is 12.0. The van der Waals surface area contributed by atoms with Gasteiger partial charge < -0.3 is 15.1 Å². The van der Waals surface area contributed by atoms with Crippen molar-refractivity contribution in [1.29, 1.82) is 0 Å². The van der Waals surface area contributed by atoms with Crippen molar-refractivity contribution in [2.45, 2.75) is 70.0 Å². The minimum absolute atomic E-state index is 0.252. The van der Waals surface area contributed by atoms with E-state index in [2.05, 4.69) is 32.4 Å². The minimum atomic E-state index is 0.252. The summed E-state index contributed by atoms with van der Waals surface area (Å²) in [7, 11) is 0. The number of dihydropyridines is 1. The maximum absolute atomic E-state index is 12.0. The van der Waals surface area contributed by atoms with Crippen LogP contribution < -0.4 is 5.73 Å². The van der Waals surface area contributed by atoms with Gasteiger partial charge in [-0.3, -0.25) is 14.8 Å². The Labute approximate surface area is 225 Å². The van der Waals surface area contributed by atoms with Crippen molar-refractivity contribution in [2.24, 2.45) is 10.9 Å². The van der Waals surface area contributed by atoms with Crippen molar-refractivity contribution in [3.63, 3.8) is 0 Å². The molecule has 3 atom stereocenters. The molecule has 7 heterocycles. The zero-order chi connectivity index (χ0) is 25.8. The predicted molar refractivity (Wildman–Crippen MR) is 153 cm³/mol. The van der Waals surface area contributed by atoms with Crippen LogP contribution in [0.4, 0.5) is 5.82 Å². The Kier molecular flexibility index (Phi) is 5.80. The number of carbonyl (C=O) groups excluding carboxylic acids is 1. The van der Waals surface area contributed by atoms with E-state index in [1.165, 1.54) is 19.3 Å². The van der Waals surface area contributed by atoms with Gasteiger partial charge in [0.1, 0.15) is 5.76 Å². The number of fused-ring (bicyclic) bond motifs is 4. The average molecular weight is 526 g/mol. The van der Waals surface area contributed by atoms with Crippen LogP contribution in [0.5, 0.6) is 0 Å². The Balaban J connectivity index is 1.07. The number of allylic oxidation sites excluding steroid dienone is 1. The summed E-state index contributed by atoms with van der Waals surface area (Å²) < 4.78 is 7.38. The SMILES string of the molecule is CC(=O)N1C2CCC1CC(CCC1CC=C(c3cnc(N)c4oc(-c5csc6cnccc56)cc34)C=N1)C2. The number of piperidine rings is 1. The maximum Gasteiger partial charge on any atom is 0.219 e. The zero-order valence-corrected chi connectivity index (χ0v) is 22.3. The number of aliphatic imine (C=N–C) groups is 1. The molecule has 2 saturated heterocycles. The first-order chi connectivity index (χ1) is 18.5. The third-order valence-corrected chi connectivity index (χ3v) is 9.61. The lowest BCUT2D eigenvalue weighted by atomic mass is 9.85. The van der Waals surface area contributed by atoms with Gasteiger partial charge in [0.05, 0.1) is 10.7 Å². The van der Waals surface area contributed by atoms with Gasteiger partial charge in [0, 0.05) is 71.1 Å². The molecule has 8 heteroatoms. The molecule has 0 saturated carbocycles. The van der Waals surface area contributed by atoms with Crippen molar-refractivity contribution >= 4 is 55.9 Å². The number of aromatic nitrogens is 2.